The normalized spacial score (nSPS) is 11.5. The molecule has 19 heavy (non-hydrogen) atoms. The van der Waals surface area contributed by atoms with Crippen LogP contribution in [0.5, 0.6) is 5.75 Å². The highest BCUT2D eigenvalue weighted by molar-refractivity contribution is 5.95. The van der Waals surface area contributed by atoms with Crippen LogP contribution in [0.25, 0.3) is 0 Å². The van der Waals surface area contributed by atoms with Gasteiger partial charge in [0.15, 0.2) is 0 Å². The molecule has 0 aliphatic heterocycles. The SMILES string of the molecule is CC(C)Oc1cccc(C(=O)NC(C)(C)CCO)c1. The maximum absolute atomic E-state index is 12.1. The van der Waals surface area contributed by atoms with Gasteiger partial charge in [-0.3, -0.25) is 4.79 Å². The predicted octanol–water partition coefficient (Wildman–Crippen LogP) is 2.36. The Morgan fingerprint density at radius 3 is 2.68 bits per heavy atom. The minimum atomic E-state index is -0.430. The summed E-state index contributed by atoms with van der Waals surface area (Å²) in [4.78, 5) is 12.1. The van der Waals surface area contributed by atoms with Crippen LogP contribution in [0.1, 0.15) is 44.5 Å². The number of amides is 1. The van der Waals surface area contributed by atoms with Crippen LogP contribution in [-0.2, 0) is 0 Å². The fourth-order valence-corrected chi connectivity index (χ4v) is 1.70. The molecule has 0 radical (unpaired) electrons. The van der Waals surface area contributed by atoms with Crippen molar-refractivity contribution in [3.8, 4) is 5.75 Å². The minimum Gasteiger partial charge on any atom is -0.491 e. The Balaban J connectivity index is 2.77. The first kappa shape index (κ1) is 15.5. The molecule has 1 amide bonds. The van der Waals surface area contributed by atoms with Crippen LogP contribution in [0.3, 0.4) is 0 Å². The Bertz CT molecular complexity index is 427. The molecule has 106 valence electrons. The van der Waals surface area contributed by atoms with Gasteiger partial charge in [0.25, 0.3) is 5.91 Å². The lowest BCUT2D eigenvalue weighted by Gasteiger charge is -2.25. The van der Waals surface area contributed by atoms with Crippen molar-refractivity contribution in [2.24, 2.45) is 0 Å². The zero-order valence-corrected chi connectivity index (χ0v) is 12.1. The smallest absolute Gasteiger partial charge is 0.251 e. The van der Waals surface area contributed by atoms with Crippen molar-refractivity contribution in [2.75, 3.05) is 6.61 Å². The molecule has 0 heterocycles. The highest BCUT2D eigenvalue weighted by Gasteiger charge is 2.20. The number of hydrogen-bond donors (Lipinski definition) is 2. The lowest BCUT2D eigenvalue weighted by Crippen LogP contribution is -2.44. The van der Waals surface area contributed by atoms with Crippen molar-refractivity contribution in [3.63, 3.8) is 0 Å². The third-order valence-corrected chi connectivity index (χ3v) is 2.66. The first-order chi connectivity index (χ1) is 8.84. The van der Waals surface area contributed by atoms with Crippen LogP contribution in [0.4, 0.5) is 0 Å². The minimum absolute atomic E-state index is 0.0454. The van der Waals surface area contributed by atoms with Gasteiger partial charge >= 0.3 is 0 Å². The van der Waals surface area contributed by atoms with E-state index in [1.54, 1.807) is 18.2 Å². The largest absolute Gasteiger partial charge is 0.491 e. The van der Waals surface area contributed by atoms with Crippen molar-refractivity contribution < 1.29 is 14.6 Å². The van der Waals surface area contributed by atoms with E-state index in [-0.39, 0.29) is 18.6 Å². The van der Waals surface area contributed by atoms with Crippen molar-refractivity contribution in [1.29, 1.82) is 0 Å². The number of carbonyl (C=O) groups excluding carboxylic acids is 1. The zero-order chi connectivity index (χ0) is 14.5. The maximum atomic E-state index is 12.1. The second-order valence-corrected chi connectivity index (χ2v) is 5.51. The predicted molar refractivity (Wildman–Crippen MR) is 75.5 cm³/mol. The lowest BCUT2D eigenvalue weighted by molar-refractivity contribution is 0.0898. The van der Waals surface area contributed by atoms with Crippen LogP contribution in [-0.4, -0.2) is 29.3 Å². The van der Waals surface area contributed by atoms with Crippen LogP contribution in [0.15, 0.2) is 24.3 Å². The maximum Gasteiger partial charge on any atom is 0.251 e. The van der Waals surface area contributed by atoms with E-state index in [9.17, 15) is 4.79 Å². The van der Waals surface area contributed by atoms with Gasteiger partial charge in [-0.25, -0.2) is 0 Å². The Labute approximate surface area is 114 Å². The van der Waals surface area contributed by atoms with E-state index in [2.05, 4.69) is 5.32 Å². The van der Waals surface area contributed by atoms with Crippen molar-refractivity contribution in [3.05, 3.63) is 29.8 Å². The third-order valence-electron chi connectivity index (χ3n) is 2.66. The first-order valence-corrected chi connectivity index (χ1v) is 6.54. The summed E-state index contributed by atoms with van der Waals surface area (Å²) in [6.45, 7) is 7.70. The van der Waals surface area contributed by atoms with E-state index in [0.29, 0.717) is 17.7 Å². The van der Waals surface area contributed by atoms with Gasteiger partial charge in [0.05, 0.1) is 6.10 Å². The Morgan fingerprint density at radius 2 is 2.11 bits per heavy atom. The van der Waals surface area contributed by atoms with E-state index in [1.165, 1.54) is 0 Å². The molecular formula is C15H23NO3. The van der Waals surface area contributed by atoms with Gasteiger partial charge in [0.2, 0.25) is 0 Å². The van der Waals surface area contributed by atoms with Gasteiger partial charge < -0.3 is 15.2 Å². The quantitative estimate of drug-likeness (QED) is 0.830. The fourth-order valence-electron chi connectivity index (χ4n) is 1.70. The molecule has 0 unspecified atom stereocenters. The number of hydrogen-bond acceptors (Lipinski definition) is 3. The summed E-state index contributed by atoms with van der Waals surface area (Å²) in [7, 11) is 0. The Morgan fingerprint density at radius 1 is 1.42 bits per heavy atom. The van der Waals surface area contributed by atoms with Crippen LogP contribution in [0.2, 0.25) is 0 Å². The van der Waals surface area contributed by atoms with Gasteiger partial charge in [0.1, 0.15) is 5.75 Å². The molecule has 0 aromatic heterocycles. The summed E-state index contributed by atoms with van der Waals surface area (Å²) in [5.74, 6) is 0.523. The van der Waals surface area contributed by atoms with Crippen LogP contribution >= 0.6 is 0 Å². The molecule has 4 nitrogen and oxygen atoms in total. The third kappa shape index (κ3) is 5.30. The standard InChI is InChI=1S/C15H23NO3/c1-11(2)19-13-7-5-6-12(10-13)14(18)16-15(3,4)8-9-17/h5-7,10-11,17H,8-9H2,1-4H3,(H,16,18). The molecule has 0 saturated carbocycles. The summed E-state index contributed by atoms with van der Waals surface area (Å²) >= 11 is 0. The Hall–Kier alpha value is -1.55. The summed E-state index contributed by atoms with van der Waals surface area (Å²) < 4.78 is 5.56. The van der Waals surface area contributed by atoms with Crippen LogP contribution in [0, 0.1) is 0 Å². The molecule has 2 N–H and O–H groups in total. The number of benzene rings is 1. The summed E-state index contributed by atoms with van der Waals surface area (Å²) in [6, 6.07) is 7.10. The summed E-state index contributed by atoms with van der Waals surface area (Å²) in [5.41, 5.74) is 0.130. The number of rotatable bonds is 6. The molecule has 0 fully saturated rings. The van der Waals surface area contributed by atoms with E-state index < -0.39 is 5.54 Å². The number of ether oxygens (including phenoxy) is 1. The van der Waals surface area contributed by atoms with Crippen LogP contribution < -0.4 is 10.1 Å². The second-order valence-electron chi connectivity index (χ2n) is 5.51. The van der Waals surface area contributed by atoms with Gasteiger partial charge in [-0.2, -0.15) is 0 Å². The fraction of sp³-hybridized carbons (Fsp3) is 0.533. The molecule has 1 aromatic rings. The Kier molecular flexibility index (Phi) is 5.36. The topological polar surface area (TPSA) is 58.6 Å². The average molecular weight is 265 g/mol. The van der Waals surface area contributed by atoms with Gasteiger partial charge in [-0.1, -0.05) is 6.07 Å². The van der Waals surface area contributed by atoms with E-state index >= 15 is 0 Å². The summed E-state index contributed by atoms with van der Waals surface area (Å²) in [5, 5.41) is 11.9. The lowest BCUT2D eigenvalue weighted by atomic mass is 10.0. The molecule has 0 atom stereocenters. The number of nitrogens with one attached hydrogen (secondary N) is 1. The molecule has 0 aliphatic rings. The summed E-state index contributed by atoms with van der Waals surface area (Å²) in [6.07, 6.45) is 0.588. The second kappa shape index (κ2) is 6.57. The average Bonchev–Trinajstić information content (AvgIpc) is 2.27. The zero-order valence-electron chi connectivity index (χ0n) is 12.1. The monoisotopic (exact) mass is 265 g/mol. The van der Waals surface area contributed by atoms with E-state index in [0.717, 1.165) is 0 Å². The van der Waals surface area contributed by atoms with E-state index in [4.69, 9.17) is 9.84 Å². The van der Waals surface area contributed by atoms with Crippen molar-refractivity contribution in [1.82, 2.24) is 5.32 Å². The molecule has 0 spiro atoms. The molecule has 0 saturated heterocycles. The molecule has 0 bridgehead atoms. The molecule has 1 aromatic carbocycles. The van der Waals surface area contributed by atoms with Crippen molar-refractivity contribution in [2.45, 2.75) is 45.8 Å². The van der Waals surface area contributed by atoms with Gasteiger partial charge in [0, 0.05) is 17.7 Å². The number of aliphatic hydroxyl groups excluding tert-OH is 1. The van der Waals surface area contributed by atoms with Crippen molar-refractivity contribution >= 4 is 5.91 Å². The number of aliphatic hydroxyl groups is 1. The molecule has 0 aliphatic carbocycles. The highest BCUT2D eigenvalue weighted by Crippen LogP contribution is 2.16. The van der Waals surface area contributed by atoms with E-state index in [1.807, 2.05) is 33.8 Å². The van der Waals surface area contributed by atoms with Gasteiger partial charge in [-0.15, -0.1) is 0 Å². The molecule has 1 rings (SSSR count). The molecular weight excluding hydrogens is 242 g/mol. The van der Waals surface area contributed by atoms with Gasteiger partial charge in [-0.05, 0) is 52.3 Å². The number of carbonyl (C=O) groups is 1. The molecule has 4 heteroatoms. The highest BCUT2D eigenvalue weighted by atomic mass is 16.5. The first-order valence-electron chi connectivity index (χ1n) is 6.54.